The third-order valence-electron chi connectivity index (χ3n) is 17.7. The summed E-state index contributed by atoms with van der Waals surface area (Å²) in [5.41, 5.74) is 27.0. The Kier molecular flexibility index (Phi) is 11.0. The first-order chi connectivity index (χ1) is 38.3. The molecule has 4 nitrogen and oxygen atoms in total. The second kappa shape index (κ2) is 17.7. The minimum Gasteiger partial charge on any atom is -0.456 e. The van der Waals surface area contributed by atoms with Crippen molar-refractivity contribution < 1.29 is 4.42 Å². The van der Waals surface area contributed by atoms with Gasteiger partial charge in [-0.05, 0) is 162 Å². The van der Waals surface area contributed by atoms with Crippen molar-refractivity contribution >= 4 is 96.2 Å². The average Bonchev–Trinajstić information content (AvgIpc) is 2.97. The average molecular weight is 1040 g/mol. The molecule has 0 atom stereocenters. The van der Waals surface area contributed by atoms with Crippen molar-refractivity contribution in [3.8, 4) is 22.3 Å². The number of benzene rings is 10. The summed E-state index contributed by atoms with van der Waals surface area (Å²) in [5.74, 6) is 0. The van der Waals surface area contributed by atoms with Crippen LogP contribution in [0.1, 0.15) is 104 Å². The highest BCUT2D eigenvalue weighted by Crippen LogP contribution is 2.53. The molecule has 392 valence electrons. The molecule has 5 heteroatoms. The van der Waals surface area contributed by atoms with Gasteiger partial charge in [0.05, 0.1) is 5.69 Å². The number of hydrogen-bond acceptors (Lipinski definition) is 4. The van der Waals surface area contributed by atoms with E-state index in [2.05, 4.69) is 303 Å². The standard InChI is InChI=1S/C75H68BN3O/c1-72(2,3)48-30-38-64(59(40-48)47-22-14-12-15-23-47)77(51-24-16-13-17-25-51)53-34-37-62-66(45-53)79(54-33-36-58-57-27-19-21-29-69(57)80-70(58)46-54)68-43-50(74(7,8)9)42-67-71(68)76(62)63-41-49(73(4,5)6)31-39-65(63)78(67)52-32-35-56-55-26-18-20-28-60(55)75(10,11)61(56)44-52/h12-46H,1-11H3. The normalized spacial score (nSPS) is 14.2. The number of fused-ring (bicyclic) bond motifs is 10. The first kappa shape index (κ1) is 49.7. The lowest BCUT2D eigenvalue weighted by Crippen LogP contribution is -2.61. The van der Waals surface area contributed by atoms with Crippen molar-refractivity contribution in [1.82, 2.24) is 0 Å². The van der Waals surface area contributed by atoms with Gasteiger partial charge in [0.25, 0.3) is 6.71 Å². The highest BCUT2D eigenvalue weighted by molar-refractivity contribution is 7.00. The van der Waals surface area contributed by atoms with Crippen molar-refractivity contribution in [2.24, 2.45) is 0 Å². The highest BCUT2D eigenvalue weighted by Gasteiger charge is 2.46. The number of anilines is 9. The SMILES string of the molecule is CC(C)(C)c1ccc2c(c1)B1c3ccc(N(c4ccccc4)c4ccc(C(C)(C)C)cc4-c4ccccc4)cc3N(c3ccc4c(c3)oc3ccccc34)c3cc(C(C)(C)C)cc(c31)N2c1ccc2c(c1)C(C)(C)c1ccccc1-2. The molecule has 0 fully saturated rings. The van der Waals surface area contributed by atoms with Crippen LogP contribution in [-0.4, -0.2) is 6.71 Å². The Hall–Kier alpha value is -8.54. The Balaban J connectivity index is 1.07. The zero-order chi connectivity index (χ0) is 55.2. The van der Waals surface area contributed by atoms with Crippen LogP contribution in [0.2, 0.25) is 0 Å². The maximum absolute atomic E-state index is 6.78. The van der Waals surface area contributed by atoms with Crippen LogP contribution in [0.15, 0.2) is 217 Å². The van der Waals surface area contributed by atoms with Crippen molar-refractivity contribution in [3.63, 3.8) is 0 Å². The molecule has 3 aliphatic rings. The van der Waals surface area contributed by atoms with Gasteiger partial charge in [-0.1, -0.05) is 197 Å². The molecule has 2 aliphatic heterocycles. The van der Waals surface area contributed by atoms with Crippen LogP contribution in [0.4, 0.5) is 51.2 Å². The van der Waals surface area contributed by atoms with Gasteiger partial charge < -0.3 is 19.1 Å². The molecule has 1 aliphatic carbocycles. The summed E-state index contributed by atoms with van der Waals surface area (Å²) in [6, 6.07) is 80.1. The lowest BCUT2D eigenvalue weighted by atomic mass is 9.33. The number of furan rings is 1. The Morgan fingerprint density at radius 3 is 1.74 bits per heavy atom. The van der Waals surface area contributed by atoms with E-state index in [0.29, 0.717) is 0 Å². The van der Waals surface area contributed by atoms with Gasteiger partial charge in [0.1, 0.15) is 11.2 Å². The molecule has 0 saturated carbocycles. The summed E-state index contributed by atoms with van der Waals surface area (Å²) in [7, 11) is 0. The van der Waals surface area contributed by atoms with E-state index < -0.39 is 0 Å². The van der Waals surface area contributed by atoms with E-state index >= 15 is 0 Å². The summed E-state index contributed by atoms with van der Waals surface area (Å²) in [5, 5.41) is 2.23. The van der Waals surface area contributed by atoms with Gasteiger partial charge in [0, 0.05) is 73.3 Å². The first-order valence-electron chi connectivity index (χ1n) is 28.6. The fraction of sp³-hybridized carbons (Fsp3) is 0.200. The number of para-hydroxylation sites is 2. The Morgan fingerprint density at radius 1 is 0.400 bits per heavy atom. The van der Waals surface area contributed by atoms with Gasteiger partial charge in [0.2, 0.25) is 0 Å². The molecule has 1 aromatic heterocycles. The predicted octanol–water partition coefficient (Wildman–Crippen LogP) is 19.0. The summed E-state index contributed by atoms with van der Waals surface area (Å²) in [6.07, 6.45) is 0. The highest BCUT2D eigenvalue weighted by atomic mass is 16.3. The zero-order valence-corrected chi connectivity index (χ0v) is 48.0. The summed E-state index contributed by atoms with van der Waals surface area (Å²) in [6.45, 7) is 25.7. The fourth-order valence-electron chi connectivity index (χ4n) is 13.3. The van der Waals surface area contributed by atoms with Gasteiger partial charge >= 0.3 is 0 Å². The molecule has 0 amide bonds. The first-order valence-corrected chi connectivity index (χ1v) is 28.6. The number of nitrogens with zero attached hydrogens (tertiary/aromatic N) is 3. The van der Waals surface area contributed by atoms with Crippen LogP contribution in [0.25, 0.3) is 44.2 Å². The van der Waals surface area contributed by atoms with Gasteiger partial charge in [-0.3, -0.25) is 0 Å². The lowest BCUT2D eigenvalue weighted by Gasteiger charge is -2.45. The van der Waals surface area contributed by atoms with E-state index in [4.69, 9.17) is 4.42 Å². The van der Waals surface area contributed by atoms with Gasteiger partial charge in [0.15, 0.2) is 0 Å². The minimum absolute atomic E-state index is 0.0488. The fourth-order valence-corrected chi connectivity index (χ4v) is 13.3. The lowest BCUT2D eigenvalue weighted by molar-refractivity contribution is 0.590. The van der Waals surface area contributed by atoms with E-state index in [1.165, 1.54) is 89.2 Å². The van der Waals surface area contributed by atoms with E-state index in [1.54, 1.807) is 0 Å². The van der Waals surface area contributed by atoms with E-state index in [9.17, 15) is 0 Å². The van der Waals surface area contributed by atoms with E-state index in [1.807, 2.05) is 0 Å². The van der Waals surface area contributed by atoms with E-state index in [0.717, 1.165) is 50.4 Å². The second-order valence-corrected chi connectivity index (χ2v) is 26.2. The minimum atomic E-state index is -0.196. The summed E-state index contributed by atoms with van der Waals surface area (Å²) >= 11 is 0. The summed E-state index contributed by atoms with van der Waals surface area (Å²) in [4.78, 5) is 7.65. The van der Waals surface area contributed by atoms with Crippen LogP contribution in [0, 0.1) is 0 Å². The van der Waals surface area contributed by atoms with Crippen molar-refractivity contribution in [1.29, 1.82) is 0 Å². The molecule has 11 aromatic rings. The van der Waals surface area contributed by atoms with Crippen LogP contribution < -0.4 is 31.1 Å². The molecule has 0 radical (unpaired) electrons. The monoisotopic (exact) mass is 1040 g/mol. The van der Waals surface area contributed by atoms with Crippen LogP contribution in [0.5, 0.6) is 0 Å². The second-order valence-electron chi connectivity index (χ2n) is 26.2. The quantitative estimate of drug-likeness (QED) is 0.155. The smallest absolute Gasteiger partial charge is 0.252 e. The molecule has 14 rings (SSSR count). The van der Waals surface area contributed by atoms with Gasteiger partial charge in [-0.15, -0.1) is 0 Å². The maximum Gasteiger partial charge on any atom is 0.252 e. The zero-order valence-electron chi connectivity index (χ0n) is 48.0. The Bertz CT molecular complexity index is 4300. The molecule has 0 unspecified atom stereocenters. The number of rotatable bonds is 6. The molecule has 80 heavy (non-hydrogen) atoms. The molecule has 0 N–H and O–H groups in total. The molecular formula is C75H68BN3O. The van der Waals surface area contributed by atoms with Crippen LogP contribution >= 0.6 is 0 Å². The maximum atomic E-state index is 6.78. The Labute approximate surface area is 473 Å². The third kappa shape index (κ3) is 7.79. The number of hydrogen-bond donors (Lipinski definition) is 0. The van der Waals surface area contributed by atoms with E-state index in [-0.39, 0.29) is 28.4 Å². The molecule has 3 heterocycles. The predicted molar refractivity (Wildman–Crippen MR) is 342 cm³/mol. The topological polar surface area (TPSA) is 22.9 Å². The van der Waals surface area contributed by atoms with Gasteiger partial charge in [-0.2, -0.15) is 0 Å². The molecule has 10 aromatic carbocycles. The largest absolute Gasteiger partial charge is 0.456 e. The summed E-state index contributed by atoms with van der Waals surface area (Å²) < 4.78 is 6.78. The van der Waals surface area contributed by atoms with Crippen molar-refractivity contribution in [3.05, 3.63) is 240 Å². The third-order valence-corrected chi connectivity index (χ3v) is 17.7. The van der Waals surface area contributed by atoms with Gasteiger partial charge in [-0.25, -0.2) is 0 Å². The molecule has 0 saturated heterocycles. The van der Waals surface area contributed by atoms with Crippen molar-refractivity contribution in [2.45, 2.75) is 97.8 Å². The Morgan fingerprint density at radius 2 is 1.00 bits per heavy atom. The molecule has 0 spiro atoms. The van der Waals surface area contributed by atoms with Crippen LogP contribution in [0.3, 0.4) is 0 Å². The molecule has 0 bridgehead atoms. The van der Waals surface area contributed by atoms with Crippen molar-refractivity contribution in [2.75, 3.05) is 14.7 Å². The molecular weight excluding hydrogens is 970 g/mol. The van der Waals surface area contributed by atoms with Crippen LogP contribution in [-0.2, 0) is 21.7 Å².